The molecule has 0 aromatic heterocycles. The first-order valence-corrected chi connectivity index (χ1v) is 6.26. The molecule has 16 heavy (non-hydrogen) atoms. The molecule has 1 heterocycles. The Hall–Kier alpha value is -1.02. The van der Waals surface area contributed by atoms with Crippen LogP contribution in [0.25, 0.3) is 0 Å². The molecule has 1 aliphatic rings. The molecule has 2 unspecified atom stereocenters. The summed E-state index contributed by atoms with van der Waals surface area (Å²) in [5, 5.41) is 3.59. The topological polar surface area (TPSA) is 21.3 Å². The normalized spacial score (nSPS) is 23.9. The molecule has 2 heteroatoms. The van der Waals surface area contributed by atoms with Crippen LogP contribution < -0.4 is 10.1 Å². The van der Waals surface area contributed by atoms with Gasteiger partial charge in [-0.05, 0) is 30.9 Å². The second-order valence-corrected chi connectivity index (χ2v) is 4.46. The predicted molar refractivity (Wildman–Crippen MR) is 67.1 cm³/mol. The van der Waals surface area contributed by atoms with Crippen molar-refractivity contribution in [3.05, 3.63) is 29.3 Å². The van der Waals surface area contributed by atoms with Crippen LogP contribution in [0.3, 0.4) is 0 Å². The van der Waals surface area contributed by atoms with E-state index in [0.717, 1.165) is 25.3 Å². The van der Waals surface area contributed by atoms with Crippen molar-refractivity contribution in [3.63, 3.8) is 0 Å². The highest BCUT2D eigenvalue weighted by atomic mass is 16.5. The minimum Gasteiger partial charge on any atom is -0.494 e. The van der Waals surface area contributed by atoms with Crippen LogP contribution in [0.15, 0.2) is 18.2 Å². The summed E-state index contributed by atoms with van der Waals surface area (Å²) in [6, 6.07) is 6.92. The van der Waals surface area contributed by atoms with Crippen molar-refractivity contribution in [1.82, 2.24) is 5.32 Å². The van der Waals surface area contributed by atoms with Crippen molar-refractivity contribution in [2.45, 2.75) is 39.2 Å². The van der Waals surface area contributed by atoms with Crippen molar-refractivity contribution in [3.8, 4) is 5.75 Å². The Bertz CT molecular complexity index is 362. The highest BCUT2D eigenvalue weighted by Crippen LogP contribution is 2.37. The summed E-state index contributed by atoms with van der Waals surface area (Å²) in [5.74, 6) is 1.62. The molecule has 0 spiro atoms. The zero-order chi connectivity index (χ0) is 11.5. The van der Waals surface area contributed by atoms with E-state index in [9.17, 15) is 0 Å². The van der Waals surface area contributed by atoms with E-state index in [2.05, 4.69) is 37.4 Å². The molecule has 0 amide bonds. The average Bonchev–Trinajstić information content (AvgIpc) is 2.30. The van der Waals surface area contributed by atoms with E-state index >= 15 is 0 Å². The number of ether oxygens (including phenoxy) is 1. The SMILES string of the molecule is CCOc1cccc2c1C(C)CNC2CC. The molecular weight excluding hydrogens is 198 g/mol. The van der Waals surface area contributed by atoms with Gasteiger partial charge in [0.2, 0.25) is 0 Å². The highest BCUT2D eigenvalue weighted by molar-refractivity contribution is 5.45. The molecule has 0 saturated carbocycles. The lowest BCUT2D eigenvalue weighted by molar-refractivity contribution is 0.328. The smallest absolute Gasteiger partial charge is 0.123 e. The van der Waals surface area contributed by atoms with Gasteiger partial charge in [-0.2, -0.15) is 0 Å². The molecule has 2 rings (SSSR count). The Morgan fingerprint density at radius 1 is 1.38 bits per heavy atom. The van der Waals surface area contributed by atoms with Gasteiger partial charge >= 0.3 is 0 Å². The van der Waals surface area contributed by atoms with Crippen molar-refractivity contribution >= 4 is 0 Å². The van der Waals surface area contributed by atoms with Crippen LogP contribution in [0.1, 0.15) is 50.3 Å². The summed E-state index contributed by atoms with van der Waals surface area (Å²) in [4.78, 5) is 0. The molecule has 0 fully saturated rings. The molecule has 0 aliphatic carbocycles. The van der Waals surface area contributed by atoms with Gasteiger partial charge in [0.05, 0.1) is 6.61 Å². The maximum atomic E-state index is 5.74. The van der Waals surface area contributed by atoms with Crippen LogP contribution in [0.2, 0.25) is 0 Å². The summed E-state index contributed by atoms with van der Waals surface area (Å²) in [6.45, 7) is 8.33. The van der Waals surface area contributed by atoms with Gasteiger partial charge in [0.1, 0.15) is 5.75 Å². The first kappa shape index (κ1) is 11.5. The minimum atomic E-state index is 0.492. The van der Waals surface area contributed by atoms with Gasteiger partial charge in [0.15, 0.2) is 0 Å². The summed E-state index contributed by atoms with van der Waals surface area (Å²) < 4.78 is 5.74. The Balaban J connectivity index is 2.44. The largest absolute Gasteiger partial charge is 0.494 e. The quantitative estimate of drug-likeness (QED) is 0.842. The van der Waals surface area contributed by atoms with Crippen molar-refractivity contribution in [2.75, 3.05) is 13.2 Å². The van der Waals surface area contributed by atoms with Crippen LogP contribution >= 0.6 is 0 Å². The monoisotopic (exact) mass is 219 g/mol. The second-order valence-electron chi connectivity index (χ2n) is 4.46. The maximum absolute atomic E-state index is 5.74. The van der Waals surface area contributed by atoms with Crippen LogP contribution in [0.4, 0.5) is 0 Å². The molecule has 2 atom stereocenters. The van der Waals surface area contributed by atoms with Gasteiger partial charge in [-0.3, -0.25) is 0 Å². The first-order chi connectivity index (χ1) is 7.77. The van der Waals surface area contributed by atoms with E-state index in [-0.39, 0.29) is 0 Å². The first-order valence-electron chi connectivity index (χ1n) is 6.26. The minimum absolute atomic E-state index is 0.492. The third-order valence-electron chi connectivity index (χ3n) is 3.35. The molecule has 0 radical (unpaired) electrons. The fourth-order valence-electron chi connectivity index (χ4n) is 2.57. The third-order valence-corrected chi connectivity index (χ3v) is 3.35. The average molecular weight is 219 g/mol. The van der Waals surface area contributed by atoms with Crippen molar-refractivity contribution in [1.29, 1.82) is 0 Å². The lowest BCUT2D eigenvalue weighted by atomic mass is 9.86. The van der Waals surface area contributed by atoms with E-state index < -0.39 is 0 Å². The van der Waals surface area contributed by atoms with E-state index in [1.165, 1.54) is 11.1 Å². The molecule has 1 aliphatic heterocycles. The van der Waals surface area contributed by atoms with Gasteiger partial charge in [-0.1, -0.05) is 26.0 Å². The lowest BCUT2D eigenvalue weighted by Crippen LogP contribution is -2.32. The van der Waals surface area contributed by atoms with Crippen LogP contribution in [-0.4, -0.2) is 13.2 Å². The molecule has 1 aromatic rings. The fourth-order valence-corrected chi connectivity index (χ4v) is 2.57. The maximum Gasteiger partial charge on any atom is 0.123 e. The number of benzene rings is 1. The molecule has 2 nitrogen and oxygen atoms in total. The van der Waals surface area contributed by atoms with Gasteiger partial charge in [-0.25, -0.2) is 0 Å². The Morgan fingerprint density at radius 2 is 2.19 bits per heavy atom. The number of fused-ring (bicyclic) bond motifs is 1. The number of hydrogen-bond acceptors (Lipinski definition) is 2. The van der Waals surface area contributed by atoms with E-state index in [0.29, 0.717) is 12.0 Å². The van der Waals surface area contributed by atoms with Crippen LogP contribution in [0, 0.1) is 0 Å². The molecule has 88 valence electrons. The van der Waals surface area contributed by atoms with Gasteiger partial charge in [0, 0.05) is 18.2 Å². The molecule has 1 aromatic carbocycles. The van der Waals surface area contributed by atoms with Crippen LogP contribution in [0.5, 0.6) is 5.75 Å². The fraction of sp³-hybridized carbons (Fsp3) is 0.571. The Morgan fingerprint density at radius 3 is 2.88 bits per heavy atom. The summed E-state index contributed by atoms with van der Waals surface area (Å²) in [7, 11) is 0. The van der Waals surface area contributed by atoms with Gasteiger partial charge in [0.25, 0.3) is 0 Å². The summed E-state index contributed by atoms with van der Waals surface area (Å²) in [6.07, 6.45) is 1.13. The van der Waals surface area contributed by atoms with Gasteiger partial charge < -0.3 is 10.1 Å². The van der Waals surface area contributed by atoms with Crippen molar-refractivity contribution in [2.24, 2.45) is 0 Å². The number of hydrogen-bond donors (Lipinski definition) is 1. The third kappa shape index (κ3) is 1.94. The predicted octanol–water partition coefficient (Wildman–Crippen LogP) is 3.24. The number of rotatable bonds is 3. The second kappa shape index (κ2) is 4.88. The highest BCUT2D eigenvalue weighted by Gasteiger charge is 2.25. The zero-order valence-electron chi connectivity index (χ0n) is 10.4. The van der Waals surface area contributed by atoms with Crippen LogP contribution in [-0.2, 0) is 0 Å². The Labute approximate surface area is 98.0 Å². The molecule has 0 saturated heterocycles. The lowest BCUT2D eigenvalue weighted by Gasteiger charge is -2.31. The van der Waals surface area contributed by atoms with E-state index in [1.807, 2.05) is 6.92 Å². The molecular formula is C14H21NO. The number of nitrogens with one attached hydrogen (secondary N) is 1. The Kier molecular flexibility index (Phi) is 3.49. The molecule has 1 N–H and O–H groups in total. The van der Waals surface area contributed by atoms with Gasteiger partial charge in [-0.15, -0.1) is 0 Å². The van der Waals surface area contributed by atoms with Crippen molar-refractivity contribution < 1.29 is 4.74 Å². The summed E-state index contributed by atoms with van der Waals surface area (Å²) in [5.41, 5.74) is 2.84. The standard InChI is InChI=1S/C14H21NO/c1-4-12-11-7-6-8-13(16-5-2)14(11)10(3)9-15-12/h6-8,10,12,15H,4-5,9H2,1-3H3. The summed E-state index contributed by atoms with van der Waals surface area (Å²) >= 11 is 0. The zero-order valence-corrected chi connectivity index (χ0v) is 10.4. The van der Waals surface area contributed by atoms with E-state index in [4.69, 9.17) is 4.74 Å². The molecule has 0 bridgehead atoms. The van der Waals surface area contributed by atoms with E-state index in [1.54, 1.807) is 0 Å².